The molecule has 0 unspecified atom stereocenters. The number of rotatable bonds is 5. The molecule has 0 saturated carbocycles. The minimum absolute atomic E-state index is 0.292. The molecule has 0 atom stereocenters. The summed E-state index contributed by atoms with van der Waals surface area (Å²) >= 11 is 6.64. The molecule has 3 heterocycles. The quantitative estimate of drug-likeness (QED) is 0.358. The second-order valence-electron chi connectivity index (χ2n) is 10.6. The van der Waals surface area contributed by atoms with Gasteiger partial charge in [-0.25, -0.2) is 14.8 Å². The van der Waals surface area contributed by atoms with E-state index in [0.29, 0.717) is 33.5 Å². The van der Waals surface area contributed by atoms with Gasteiger partial charge in [0.1, 0.15) is 11.1 Å². The van der Waals surface area contributed by atoms with E-state index in [-0.39, 0.29) is 5.56 Å². The van der Waals surface area contributed by atoms with Gasteiger partial charge in [0.25, 0.3) is 5.56 Å². The first-order valence-electron chi connectivity index (χ1n) is 12.9. The molecule has 2 aromatic carbocycles. The lowest BCUT2D eigenvalue weighted by atomic mass is 10.2. The van der Waals surface area contributed by atoms with Crippen LogP contribution in [0.1, 0.15) is 20.8 Å². The number of nitrogens with one attached hydrogen (secondary N) is 2. The first kappa shape index (κ1) is 27.4. The lowest BCUT2D eigenvalue weighted by Gasteiger charge is -2.34. The van der Waals surface area contributed by atoms with Gasteiger partial charge in [0.05, 0.1) is 28.8 Å². The minimum atomic E-state index is -0.614. The molecule has 1 aliphatic rings. The van der Waals surface area contributed by atoms with E-state index in [1.54, 1.807) is 51.2 Å². The Morgan fingerprint density at radius 3 is 2.35 bits per heavy atom. The van der Waals surface area contributed by atoms with Gasteiger partial charge in [-0.15, -0.1) is 0 Å². The van der Waals surface area contributed by atoms with E-state index in [1.165, 1.54) is 10.8 Å². The number of hydrogen-bond donors (Lipinski definition) is 2. The van der Waals surface area contributed by atoms with Crippen LogP contribution in [0, 0.1) is 0 Å². The van der Waals surface area contributed by atoms with Crippen LogP contribution >= 0.6 is 11.6 Å². The predicted octanol–water partition coefficient (Wildman–Crippen LogP) is 4.67. The Bertz CT molecular complexity index is 1590. The number of ether oxygens (including phenoxy) is 1. The highest BCUT2D eigenvalue weighted by Gasteiger charge is 2.18. The van der Waals surface area contributed by atoms with E-state index < -0.39 is 11.7 Å². The predicted molar refractivity (Wildman–Crippen MR) is 157 cm³/mol. The maximum Gasteiger partial charge on any atom is 0.412 e. The van der Waals surface area contributed by atoms with E-state index in [9.17, 15) is 9.59 Å². The lowest BCUT2D eigenvalue weighted by Crippen LogP contribution is -2.44. The zero-order valence-electron chi connectivity index (χ0n) is 22.8. The molecule has 2 N–H and O–H groups in total. The molecular formula is C28H31ClN8O3. The molecule has 1 fully saturated rings. The van der Waals surface area contributed by atoms with Gasteiger partial charge in [0.15, 0.2) is 5.65 Å². The lowest BCUT2D eigenvalue weighted by molar-refractivity contribution is 0.0636. The molecular weight excluding hydrogens is 532 g/mol. The summed E-state index contributed by atoms with van der Waals surface area (Å²) in [4.78, 5) is 42.7. The van der Waals surface area contributed by atoms with E-state index in [1.807, 2.05) is 18.2 Å². The Kier molecular flexibility index (Phi) is 7.59. The maximum absolute atomic E-state index is 12.9. The molecule has 0 bridgehead atoms. The highest BCUT2D eigenvalue weighted by Crippen LogP contribution is 2.30. The highest BCUT2D eigenvalue weighted by atomic mass is 35.5. The Labute approximate surface area is 236 Å². The smallest absolute Gasteiger partial charge is 0.412 e. The van der Waals surface area contributed by atoms with Crippen LogP contribution in [0.25, 0.3) is 16.9 Å². The van der Waals surface area contributed by atoms with Gasteiger partial charge in [-0.3, -0.25) is 14.7 Å². The minimum Gasteiger partial charge on any atom is -0.444 e. The summed E-state index contributed by atoms with van der Waals surface area (Å²) in [6.45, 7) is 9.18. The van der Waals surface area contributed by atoms with Gasteiger partial charge in [0, 0.05) is 37.6 Å². The van der Waals surface area contributed by atoms with Crippen LogP contribution in [0.2, 0.25) is 5.02 Å². The monoisotopic (exact) mass is 562 g/mol. The first-order valence-corrected chi connectivity index (χ1v) is 13.3. The SMILES string of the molecule is CN1CCN(c2ccc(Nc3ncc4ncc(=O)n(-c5ccc(NC(=O)OC(C)(C)C)cc5)c4n3)cc2Cl)CC1. The molecule has 208 valence electrons. The number of hydrogen-bond acceptors (Lipinski definition) is 9. The fraction of sp³-hybridized carbons (Fsp3) is 0.321. The normalized spacial score (nSPS) is 14.3. The summed E-state index contributed by atoms with van der Waals surface area (Å²) in [7, 11) is 2.11. The van der Waals surface area contributed by atoms with Crippen molar-refractivity contribution in [3.05, 3.63) is 70.2 Å². The van der Waals surface area contributed by atoms with Crippen molar-refractivity contribution in [1.82, 2.24) is 24.4 Å². The number of amides is 1. The van der Waals surface area contributed by atoms with Crippen LogP contribution in [0.5, 0.6) is 0 Å². The van der Waals surface area contributed by atoms with Crippen molar-refractivity contribution >= 4 is 51.9 Å². The highest BCUT2D eigenvalue weighted by molar-refractivity contribution is 6.33. The number of fused-ring (bicyclic) bond motifs is 1. The van der Waals surface area contributed by atoms with Gasteiger partial charge >= 0.3 is 6.09 Å². The molecule has 4 aromatic rings. The van der Waals surface area contributed by atoms with Crippen molar-refractivity contribution in [2.75, 3.05) is 48.8 Å². The van der Waals surface area contributed by atoms with E-state index in [2.05, 4.69) is 42.4 Å². The summed E-state index contributed by atoms with van der Waals surface area (Å²) in [5, 5.41) is 6.50. The average molecular weight is 563 g/mol. The van der Waals surface area contributed by atoms with Gasteiger partial charge in [0.2, 0.25) is 5.95 Å². The third kappa shape index (κ3) is 6.32. The Hall–Kier alpha value is -4.22. The van der Waals surface area contributed by atoms with Crippen molar-refractivity contribution in [3.63, 3.8) is 0 Å². The molecule has 0 radical (unpaired) electrons. The number of anilines is 4. The van der Waals surface area contributed by atoms with Crippen LogP contribution in [-0.4, -0.2) is 69.3 Å². The molecule has 40 heavy (non-hydrogen) atoms. The molecule has 1 aliphatic heterocycles. The number of likely N-dealkylation sites (N-methyl/N-ethyl adjacent to an activating group) is 1. The van der Waals surface area contributed by atoms with Gasteiger partial charge in [-0.2, -0.15) is 4.98 Å². The van der Waals surface area contributed by atoms with E-state index in [4.69, 9.17) is 16.3 Å². The van der Waals surface area contributed by atoms with Crippen LogP contribution in [-0.2, 0) is 4.74 Å². The summed E-state index contributed by atoms with van der Waals surface area (Å²) in [6.07, 6.45) is 2.22. The Morgan fingerprint density at radius 1 is 0.975 bits per heavy atom. The summed E-state index contributed by atoms with van der Waals surface area (Å²) < 4.78 is 6.73. The van der Waals surface area contributed by atoms with Gasteiger partial charge in [-0.1, -0.05) is 11.6 Å². The second-order valence-corrected chi connectivity index (χ2v) is 11.0. The van der Waals surface area contributed by atoms with Crippen molar-refractivity contribution in [3.8, 4) is 5.69 Å². The van der Waals surface area contributed by atoms with Crippen LogP contribution < -0.4 is 21.1 Å². The zero-order valence-corrected chi connectivity index (χ0v) is 23.6. The summed E-state index contributed by atoms with van der Waals surface area (Å²) in [5.41, 5.74) is 2.60. The zero-order chi connectivity index (χ0) is 28.4. The topological polar surface area (TPSA) is 118 Å². The average Bonchev–Trinajstić information content (AvgIpc) is 2.89. The summed E-state index contributed by atoms with van der Waals surface area (Å²) in [6, 6.07) is 12.5. The largest absolute Gasteiger partial charge is 0.444 e. The number of piperazine rings is 1. The maximum atomic E-state index is 12.9. The molecule has 0 spiro atoms. The Balaban J connectivity index is 1.38. The molecule has 0 aliphatic carbocycles. The number of halogens is 1. The molecule has 11 nitrogen and oxygen atoms in total. The standard InChI is InChI=1S/C28H31ClN8O3/c1-28(2,3)40-27(39)33-18-5-8-20(9-6-18)37-24(38)17-30-22-16-31-26(34-25(22)37)32-19-7-10-23(21(29)15-19)36-13-11-35(4)12-14-36/h5-10,15-17H,11-14H2,1-4H3,(H,33,39)(H,31,32,34). The van der Waals surface area contributed by atoms with E-state index in [0.717, 1.165) is 37.6 Å². The van der Waals surface area contributed by atoms with Crippen molar-refractivity contribution in [2.45, 2.75) is 26.4 Å². The fourth-order valence-corrected chi connectivity index (χ4v) is 4.65. The van der Waals surface area contributed by atoms with Gasteiger partial charge < -0.3 is 19.9 Å². The fourth-order valence-electron chi connectivity index (χ4n) is 4.35. The molecule has 1 saturated heterocycles. The second kappa shape index (κ2) is 11.1. The molecule has 2 aromatic heterocycles. The van der Waals surface area contributed by atoms with Crippen LogP contribution in [0.4, 0.5) is 27.8 Å². The number of carbonyl (C=O) groups is 1. The Morgan fingerprint density at radius 2 is 1.68 bits per heavy atom. The number of carbonyl (C=O) groups excluding carboxylic acids is 1. The van der Waals surface area contributed by atoms with Crippen LogP contribution in [0.15, 0.2) is 59.7 Å². The molecule has 5 rings (SSSR count). The number of aromatic nitrogens is 4. The third-order valence-corrected chi connectivity index (χ3v) is 6.62. The van der Waals surface area contributed by atoms with Gasteiger partial charge in [-0.05, 0) is 70.3 Å². The first-order chi connectivity index (χ1) is 19.1. The number of benzene rings is 2. The van der Waals surface area contributed by atoms with Crippen molar-refractivity contribution in [2.24, 2.45) is 0 Å². The molecule has 1 amide bonds. The number of nitrogens with zero attached hydrogens (tertiary/aromatic N) is 6. The van der Waals surface area contributed by atoms with Crippen LogP contribution in [0.3, 0.4) is 0 Å². The van der Waals surface area contributed by atoms with Crippen molar-refractivity contribution < 1.29 is 9.53 Å². The summed E-state index contributed by atoms with van der Waals surface area (Å²) in [5.74, 6) is 0.292. The van der Waals surface area contributed by atoms with Crippen molar-refractivity contribution in [1.29, 1.82) is 0 Å². The molecule has 12 heteroatoms. The van der Waals surface area contributed by atoms with E-state index >= 15 is 0 Å². The third-order valence-electron chi connectivity index (χ3n) is 6.31.